The third-order valence-electron chi connectivity index (χ3n) is 7.68. The zero-order chi connectivity index (χ0) is 33.4. The number of sulfone groups is 1. The number of aliphatic hydroxyl groups is 1. The predicted molar refractivity (Wildman–Crippen MR) is 177 cm³/mol. The number of hydrogen-bond acceptors (Lipinski definition) is 7. The average molecular weight is 728 g/mol. The van der Waals surface area contributed by atoms with Crippen LogP contribution in [0.25, 0.3) is 0 Å². The second-order valence-electron chi connectivity index (χ2n) is 11.0. The molecule has 0 saturated heterocycles. The molecule has 4 aromatic rings. The Bertz CT molecular complexity index is 1800. The molecule has 2 N–H and O–H groups in total. The molecule has 47 heavy (non-hydrogen) atoms. The Morgan fingerprint density at radius 2 is 1.66 bits per heavy atom. The third-order valence-corrected chi connectivity index (χ3v) is 9.94. The quantitative estimate of drug-likeness (QED) is 0.155. The third kappa shape index (κ3) is 8.43. The number of halogens is 3. The molecule has 0 bridgehead atoms. The highest BCUT2D eigenvalue weighted by molar-refractivity contribution is 9.10. The number of carbonyl (C=O) groups is 1. The van der Waals surface area contributed by atoms with Crippen molar-refractivity contribution in [2.24, 2.45) is 4.99 Å². The Kier molecular flexibility index (Phi) is 11.1. The van der Waals surface area contributed by atoms with E-state index in [1.54, 1.807) is 66.7 Å². The van der Waals surface area contributed by atoms with Crippen molar-refractivity contribution in [1.82, 2.24) is 5.32 Å². The van der Waals surface area contributed by atoms with Crippen LogP contribution >= 0.6 is 15.9 Å². The van der Waals surface area contributed by atoms with Gasteiger partial charge in [0, 0.05) is 42.1 Å². The first-order valence-electron chi connectivity index (χ1n) is 15.0. The molecule has 0 radical (unpaired) electrons. The lowest BCUT2D eigenvalue weighted by atomic mass is 9.85. The van der Waals surface area contributed by atoms with E-state index in [2.05, 4.69) is 21.2 Å². The van der Waals surface area contributed by atoms with Gasteiger partial charge in [-0.1, -0.05) is 46.3 Å². The van der Waals surface area contributed by atoms with Crippen molar-refractivity contribution in [3.05, 3.63) is 130 Å². The highest BCUT2D eigenvalue weighted by atomic mass is 79.9. The van der Waals surface area contributed by atoms with E-state index in [4.69, 9.17) is 19.6 Å². The van der Waals surface area contributed by atoms with E-state index < -0.39 is 44.8 Å². The molecule has 8 nitrogen and oxygen atoms in total. The zero-order valence-electron chi connectivity index (χ0n) is 25.2. The van der Waals surface area contributed by atoms with Crippen molar-refractivity contribution >= 4 is 37.6 Å². The molecule has 4 aromatic carbocycles. The molecule has 1 aliphatic rings. The van der Waals surface area contributed by atoms with Gasteiger partial charge in [-0.15, -0.1) is 0 Å². The minimum absolute atomic E-state index is 0.00341. The minimum atomic E-state index is -3.83. The topological polar surface area (TPSA) is 114 Å². The van der Waals surface area contributed by atoms with E-state index in [0.717, 1.165) is 10.5 Å². The molecule has 0 saturated carbocycles. The Labute approximate surface area is 280 Å². The molecule has 0 spiro atoms. The van der Waals surface area contributed by atoms with Gasteiger partial charge in [0.2, 0.25) is 5.90 Å². The number of hydrogen-bond donors (Lipinski definition) is 2. The van der Waals surface area contributed by atoms with Gasteiger partial charge >= 0.3 is 0 Å². The Hall–Kier alpha value is -4.13. The monoisotopic (exact) mass is 726 g/mol. The molecule has 246 valence electrons. The Morgan fingerprint density at radius 3 is 2.32 bits per heavy atom. The van der Waals surface area contributed by atoms with E-state index in [-0.39, 0.29) is 36.8 Å². The SMILES string of the molecule is O=C(NCCc1cc(F)cc(F)c1)[C@]1(CCS(=O)(=O)c2ccccc2)N=C(c2ccc(OCCCO)cc2)O[C@@H]1c1ccc(Br)cc1. The van der Waals surface area contributed by atoms with Gasteiger partial charge in [0.15, 0.2) is 21.5 Å². The van der Waals surface area contributed by atoms with Crippen LogP contribution in [0, 0.1) is 11.6 Å². The zero-order valence-corrected chi connectivity index (χ0v) is 27.6. The molecule has 12 heteroatoms. The summed E-state index contributed by atoms with van der Waals surface area (Å²) in [5.41, 5.74) is -0.247. The molecular weight excluding hydrogens is 694 g/mol. The number of rotatable bonds is 14. The summed E-state index contributed by atoms with van der Waals surface area (Å²) in [5.74, 6) is -1.76. The lowest BCUT2D eigenvalue weighted by molar-refractivity contribution is -0.129. The smallest absolute Gasteiger partial charge is 0.252 e. The summed E-state index contributed by atoms with van der Waals surface area (Å²) in [6, 6.07) is 25.1. The summed E-state index contributed by atoms with van der Waals surface area (Å²) < 4.78 is 67.4. The molecule has 0 unspecified atom stereocenters. The van der Waals surface area contributed by atoms with E-state index >= 15 is 0 Å². The highest BCUT2D eigenvalue weighted by Gasteiger charge is 2.53. The van der Waals surface area contributed by atoms with Gasteiger partial charge in [0.05, 0.1) is 17.3 Å². The second kappa shape index (κ2) is 15.2. The largest absolute Gasteiger partial charge is 0.494 e. The number of carbonyl (C=O) groups excluding carboxylic acids is 1. The first-order valence-corrected chi connectivity index (χ1v) is 17.4. The number of aliphatic imine (C=N–C) groups is 1. The van der Waals surface area contributed by atoms with Gasteiger partial charge in [0.1, 0.15) is 17.4 Å². The van der Waals surface area contributed by atoms with E-state index in [1.807, 2.05) is 0 Å². The maximum atomic E-state index is 14.3. The number of nitrogens with zero attached hydrogens (tertiary/aromatic N) is 1. The van der Waals surface area contributed by atoms with Crippen LogP contribution in [-0.2, 0) is 25.8 Å². The van der Waals surface area contributed by atoms with Crippen LogP contribution in [0.1, 0.15) is 35.6 Å². The molecule has 0 aromatic heterocycles. The van der Waals surface area contributed by atoms with Gasteiger partial charge < -0.3 is 19.9 Å². The fourth-order valence-corrected chi connectivity index (χ4v) is 6.92. The predicted octanol–water partition coefficient (Wildman–Crippen LogP) is 5.97. The lowest BCUT2D eigenvalue weighted by Crippen LogP contribution is -2.49. The fourth-order valence-electron chi connectivity index (χ4n) is 5.27. The summed E-state index contributed by atoms with van der Waals surface area (Å²) in [4.78, 5) is 19.2. The molecule has 1 heterocycles. The molecule has 0 aliphatic carbocycles. The molecule has 0 fully saturated rings. The Balaban J connectivity index is 1.51. The van der Waals surface area contributed by atoms with Crippen molar-refractivity contribution in [2.75, 3.05) is 25.5 Å². The van der Waals surface area contributed by atoms with E-state index in [0.29, 0.717) is 35.5 Å². The van der Waals surface area contributed by atoms with Gasteiger partial charge in [-0.05, 0) is 78.2 Å². The maximum absolute atomic E-state index is 14.3. The van der Waals surface area contributed by atoms with Crippen LogP contribution < -0.4 is 10.1 Å². The van der Waals surface area contributed by atoms with Gasteiger partial charge in [0.25, 0.3) is 5.91 Å². The molecule has 1 aliphatic heterocycles. The normalized spacial score (nSPS) is 17.5. The van der Waals surface area contributed by atoms with Crippen LogP contribution in [0.4, 0.5) is 8.78 Å². The van der Waals surface area contributed by atoms with Crippen molar-refractivity contribution in [3.63, 3.8) is 0 Å². The van der Waals surface area contributed by atoms with E-state index in [9.17, 15) is 22.0 Å². The van der Waals surface area contributed by atoms with Crippen LogP contribution in [0.2, 0.25) is 0 Å². The van der Waals surface area contributed by atoms with Crippen molar-refractivity contribution in [1.29, 1.82) is 0 Å². The average Bonchev–Trinajstić information content (AvgIpc) is 3.45. The van der Waals surface area contributed by atoms with Gasteiger partial charge in [-0.3, -0.25) is 4.79 Å². The lowest BCUT2D eigenvalue weighted by Gasteiger charge is -2.30. The molecule has 2 atom stereocenters. The first kappa shape index (κ1) is 34.2. The van der Waals surface area contributed by atoms with Crippen molar-refractivity contribution < 1.29 is 36.6 Å². The van der Waals surface area contributed by atoms with Crippen LogP contribution in [-0.4, -0.2) is 56.4 Å². The van der Waals surface area contributed by atoms with Crippen molar-refractivity contribution in [3.8, 4) is 5.75 Å². The van der Waals surface area contributed by atoms with Gasteiger partial charge in [-0.25, -0.2) is 22.2 Å². The summed E-state index contributed by atoms with van der Waals surface area (Å²) in [6.07, 6.45) is -0.637. The second-order valence-corrected chi connectivity index (χ2v) is 14.0. The summed E-state index contributed by atoms with van der Waals surface area (Å²) in [6.45, 7) is 0.344. The van der Waals surface area contributed by atoms with Crippen LogP contribution in [0.5, 0.6) is 5.75 Å². The number of benzene rings is 4. The minimum Gasteiger partial charge on any atom is -0.494 e. The number of aliphatic hydroxyl groups excluding tert-OH is 1. The summed E-state index contributed by atoms with van der Waals surface area (Å²) in [5, 5.41) is 11.9. The molecule has 5 rings (SSSR count). The van der Waals surface area contributed by atoms with E-state index in [1.165, 1.54) is 24.3 Å². The summed E-state index contributed by atoms with van der Waals surface area (Å²) >= 11 is 3.43. The number of amides is 1. The fraction of sp³-hybridized carbons (Fsp3) is 0.257. The van der Waals surface area contributed by atoms with Gasteiger partial charge in [-0.2, -0.15) is 0 Å². The highest BCUT2D eigenvalue weighted by Crippen LogP contribution is 2.43. The molecular formula is C35H33BrF2N2O6S. The maximum Gasteiger partial charge on any atom is 0.252 e. The van der Waals surface area contributed by atoms with Crippen LogP contribution in [0.15, 0.2) is 111 Å². The Morgan fingerprint density at radius 1 is 0.979 bits per heavy atom. The number of ether oxygens (including phenoxy) is 2. The summed E-state index contributed by atoms with van der Waals surface area (Å²) in [7, 11) is -3.83. The van der Waals surface area contributed by atoms with Crippen LogP contribution in [0.3, 0.4) is 0 Å². The molecule has 1 amide bonds. The van der Waals surface area contributed by atoms with Crippen molar-refractivity contribution in [2.45, 2.75) is 35.8 Å². The number of nitrogens with one attached hydrogen (secondary N) is 1. The standard InChI is InChI=1S/C35H33BrF2N2O6S/c36-27-11-7-25(8-12-27)32-35(16-20-47(43,44)31-5-2-1-3-6-31,34(42)39-17-15-24-21-28(37)23-29(38)22-24)40-33(46-32)26-9-13-30(14-10-26)45-19-4-18-41/h1-3,5-14,21-23,32,41H,4,15-20H2,(H,39,42)/t32-,35-/m1/s1. The first-order chi connectivity index (χ1) is 22.6.